The first-order chi connectivity index (χ1) is 9.34. The molecule has 1 aromatic heterocycles. The van der Waals surface area contributed by atoms with E-state index in [1.54, 1.807) is 11.3 Å². The Bertz CT molecular complexity index is 587. The predicted molar refractivity (Wildman–Crippen MR) is 83.3 cm³/mol. The molecule has 2 aromatic rings. The molecule has 19 heavy (non-hydrogen) atoms. The second-order valence-electron chi connectivity index (χ2n) is 4.58. The lowest BCUT2D eigenvalue weighted by Crippen LogP contribution is -2.26. The third kappa shape index (κ3) is 2.63. The van der Waals surface area contributed by atoms with Crippen molar-refractivity contribution in [2.75, 3.05) is 25.0 Å². The first kappa shape index (κ1) is 12.2. The maximum atomic E-state index is 4.41. The zero-order valence-electron chi connectivity index (χ0n) is 10.9. The smallest absolute Gasteiger partial charge is 0.116 e. The molecule has 0 spiro atoms. The second-order valence-corrected chi connectivity index (χ2v) is 5.53. The van der Waals surface area contributed by atoms with Gasteiger partial charge in [0, 0.05) is 22.7 Å². The van der Waals surface area contributed by atoms with Gasteiger partial charge in [-0.3, -0.25) is 4.99 Å². The summed E-state index contributed by atoms with van der Waals surface area (Å²) in [6, 6.07) is 10.7. The van der Waals surface area contributed by atoms with E-state index in [9.17, 15) is 0 Å². The van der Waals surface area contributed by atoms with E-state index in [2.05, 4.69) is 58.3 Å². The van der Waals surface area contributed by atoms with Crippen LogP contribution in [-0.4, -0.2) is 25.5 Å². The van der Waals surface area contributed by atoms with Crippen molar-refractivity contribution < 1.29 is 0 Å². The Morgan fingerprint density at radius 3 is 3.00 bits per heavy atom. The first-order valence-corrected chi connectivity index (χ1v) is 7.37. The van der Waals surface area contributed by atoms with Crippen molar-refractivity contribution in [2.45, 2.75) is 6.92 Å². The summed E-state index contributed by atoms with van der Waals surface area (Å²) in [5.74, 6) is 1.05. The number of amidine groups is 1. The van der Waals surface area contributed by atoms with Crippen LogP contribution in [0.2, 0.25) is 0 Å². The number of hydrogen-bond acceptors (Lipinski definition) is 4. The lowest BCUT2D eigenvalue weighted by atomic mass is 10.0. The summed E-state index contributed by atoms with van der Waals surface area (Å²) >= 11 is 1.78. The lowest BCUT2D eigenvalue weighted by molar-refractivity contribution is 0.956. The highest BCUT2D eigenvalue weighted by Crippen LogP contribution is 2.34. The number of rotatable bonds is 4. The van der Waals surface area contributed by atoms with Gasteiger partial charge in [-0.25, -0.2) is 0 Å². The fourth-order valence-electron chi connectivity index (χ4n) is 2.31. The molecule has 0 atom stereocenters. The van der Waals surface area contributed by atoms with Crippen molar-refractivity contribution in [2.24, 2.45) is 4.99 Å². The molecule has 0 fully saturated rings. The van der Waals surface area contributed by atoms with Crippen LogP contribution in [0, 0.1) is 6.92 Å². The van der Waals surface area contributed by atoms with Gasteiger partial charge in [0.2, 0.25) is 0 Å². The molecule has 98 valence electrons. The van der Waals surface area contributed by atoms with Gasteiger partial charge >= 0.3 is 0 Å². The number of nitrogens with one attached hydrogen (secondary N) is 2. The quantitative estimate of drug-likeness (QED) is 0.896. The SMILES string of the molecule is Cc1cccc(NCC2=NCCN2)c1-c1cccs1. The molecule has 0 bridgehead atoms. The molecule has 2 N–H and O–H groups in total. The molecule has 1 aromatic carbocycles. The Labute approximate surface area is 117 Å². The van der Waals surface area contributed by atoms with Crippen LogP contribution in [0.1, 0.15) is 5.56 Å². The van der Waals surface area contributed by atoms with Gasteiger partial charge in [0.05, 0.1) is 13.1 Å². The van der Waals surface area contributed by atoms with Gasteiger partial charge in [-0.1, -0.05) is 18.2 Å². The van der Waals surface area contributed by atoms with Gasteiger partial charge in [-0.05, 0) is 30.0 Å². The minimum atomic E-state index is 0.766. The Balaban J connectivity index is 1.86. The normalized spacial score (nSPS) is 14.1. The van der Waals surface area contributed by atoms with E-state index in [1.807, 2.05) is 0 Å². The molecule has 0 aliphatic carbocycles. The minimum absolute atomic E-state index is 0.766. The molecule has 0 amide bonds. The van der Waals surface area contributed by atoms with Gasteiger partial charge in [-0.2, -0.15) is 0 Å². The van der Waals surface area contributed by atoms with Crippen LogP contribution < -0.4 is 10.6 Å². The second kappa shape index (κ2) is 5.45. The Hall–Kier alpha value is -1.81. The van der Waals surface area contributed by atoms with Crippen molar-refractivity contribution in [1.82, 2.24) is 5.32 Å². The fraction of sp³-hybridized carbons (Fsp3) is 0.267. The average molecular weight is 271 g/mol. The number of aliphatic imine (C=N–C) groups is 1. The summed E-state index contributed by atoms with van der Waals surface area (Å²) in [7, 11) is 0. The third-order valence-corrected chi connectivity index (χ3v) is 4.12. The van der Waals surface area contributed by atoms with Crippen LogP contribution in [0.15, 0.2) is 40.7 Å². The van der Waals surface area contributed by atoms with E-state index in [4.69, 9.17) is 0 Å². The number of benzene rings is 1. The molecular formula is C15H17N3S. The van der Waals surface area contributed by atoms with Crippen molar-refractivity contribution in [3.8, 4) is 10.4 Å². The van der Waals surface area contributed by atoms with E-state index in [1.165, 1.54) is 21.7 Å². The van der Waals surface area contributed by atoms with E-state index in [0.29, 0.717) is 0 Å². The summed E-state index contributed by atoms with van der Waals surface area (Å²) in [5.41, 5.74) is 3.78. The first-order valence-electron chi connectivity index (χ1n) is 6.49. The van der Waals surface area contributed by atoms with Gasteiger partial charge < -0.3 is 10.6 Å². The van der Waals surface area contributed by atoms with Gasteiger partial charge in [0.1, 0.15) is 5.84 Å². The molecule has 1 aliphatic heterocycles. The molecule has 3 rings (SSSR count). The van der Waals surface area contributed by atoms with E-state index in [-0.39, 0.29) is 0 Å². The Morgan fingerprint density at radius 2 is 2.26 bits per heavy atom. The molecule has 0 unspecified atom stereocenters. The molecule has 2 heterocycles. The van der Waals surface area contributed by atoms with Crippen molar-refractivity contribution in [1.29, 1.82) is 0 Å². The molecule has 4 heteroatoms. The van der Waals surface area contributed by atoms with Gasteiger partial charge in [0.25, 0.3) is 0 Å². The summed E-state index contributed by atoms with van der Waals surface area (Å²) in [6.07, 6.45) is 0. The highest BCUT2D eigenvalue weighted by atomic mass is 32.1. The average Bonchev–Trinajstić information content (AvgIpc) is 3.09. The van der Waals surface area contributed by atoms with Crippen molar-refractivity contribution >= 4 is 22.9 Å². The Morgan fingerprint density at radius 1 is 1.32 bits per heavy atom. The maximum absolute atomic E-state index is 4.41. The Kier molecular flexibility index (Phi) is 3.51. The van der Waals surface area contributed by atoms with Gasteiger partial charge in [-0.15, -0.1) is 11.3 Å². The predicted octanol–water partition coefficient (Wildman–Crippen LogP) is 3.14. The van der Waals surface area contributed by atoms with E-state index in [0.717, 1.165) is 25.5 Å². The summed E-state index contributed by atoms with van der Waals surface area (Å²) in [5, 5.41) is 8.90. The number of hydrogen-bond donors (Lipinski definition) is 2. The highest BCUT2D eigenvalue weighted by Gasteiger charge is 2.10. The largest absolute Gasteiger partial charge is 0.377 e. The monoisotopic (exact) mass is 271 g/mol. The molecule has 1 aliphatic rings. The summed E-state index contributed by atoms with van der Waals surface area (Å²) < 4.78 is 0. The standard InChI is InChI=1S/C15H17N3S/c1-11-4-2-5-12(15(11)13-6-3-9-19-13)18-10-14-16-7-8-17-14/h2-6,9,18H,7-8,10H2,1H3,(H,16,17). The van der Waals surface area contributed by atoms with Crippen LogP contribution in [0.4, 0.5) is 5.69 Å². The maximum Gasteiger partial charge on any atom is 0.116 e. The zero-order valence-corrected chi connectivity index (χ0v) is 11.8. The number of aryl methyl sites for hydroxylation is 1. The molecular weight excluding hydrogens is 254 g/mol. The van der Waals surface area contributed by atoms with Crippen LogP contribution >= 0.6 is 11.3 Å². The minimum Gasteiger partial charge on any atom is -0.377 e. The van der Waals surface area contributed by atoms with Crippen LogP contribution in [-0.2, 0) is 0 Å². The fourth-order valence-corrected chi connectivity index (χ4v) is 3.16. The lowest BCUT2D eigenvalue weighted by Gasteiger charge is -2.13. The van der Waals surface area contributed by atoms with E-state index < -0.39 is 0 Å². The third-order valence-electron chi connectivity index (χ3n) is 3.23. The van der Waals surface area contributed by atoms with Crippen molar-refractivity contribution in [3.63, 3.8) is 0 Å². The molecule has 0 saturated carbocycles. The van der Waals surface area contributed by atoms with Crippen molar-refractivity contribution in [3.05, 3.63) is 41.3 Å². The van der Waals surface area contributed by atoms with Gasteiger partial charge in [0.15, 0.2) is 0 Å². The number of thiophene rings is 1. The molecule has 3 nitrogen and oxygen atoms in total. The van der Waals surface area contributed by atoms with Crippen LogP contribution in [0.3, 0.4) is 0 Å². The zero-order chi connectivity index (χ0) is 13.1. The molecule has 0 radical (unpaired) electrons. The summed E-state index contributed by atoms with van der Waals surface area (Å²) in [6.45, 7) is 4.78. The van der Waals surface area contributed by atoms with E-state index >= 15 is 0 Å². The topological polar surface area (TPSA) is 36.4 Å². The number of nitrogens with zero attached hydrogens (tertiary/aromatic N) is 1. The van der Waals surface area contributed by atoms with Crippen LogP contribution in [0.5, 0.6) is 0 Å². The van der Waals surface area contributed by atoms with Crippen LogP contribution in [0.25, 0.3) is 10.4 Å². The number of anilines is 1. The molecule has 0 saturated heterocycles. The summed E-state index contributed by atoms with van der Waals surface area (Å²) in [4.78, 5) is 5.72. The highest BCUT2D eigenvalue weighted by molar-refractivity contribution is 7.13.